The van der Waals surface area contributed by atoms with Crippen molar-refractivity contribution in [1.29, 1.82) is 0 Å². The van der Waals surface area contributed by atoms with E-state index >= 15 is 0 Å². The quantitative estimate of drug-likeness (QED) is 0.774. The number of rotatable bonds is 2. The highest BCUT2D eigenvalue weighted by atomic mass is 32.2. The van der Waals surface area contributed by atoms with Gasteiger partial charge in [0.05, 0.1) is 12.2 Å². The van der Waals surface area contributed by atoms with Gasteiger partial charge in [0.15, 0.2) is 0 Å². The van der Waals surface area contributed by atoms with Gasteiger partial charge in [-0.15, -0.1) is 0 Å². The number of hydrogen-bond donors (Lipinski definition) is 2. The first-order valence-corrected chi connectivity index (χ1v) is 6.06. The van der Waals surface area contributed by atoms with Crippen LogP contribution in [0.2, 0.25) is 0 Å². The van der Waals surface area contributed by atoms with Gasteiger partial charge >= 0.3 is 0 Å². The molecule has 0 aliphatic carbocycles. The van der Waals surface area contributed by atoms with Crippen LogP contribution in [0.1, 0.15) is 29.2 Å². The molecule has 4 N–H and O–H groups in total. The fraction of sp³-hybridized carbons (Fsp3) is 0.556. The molecule has 2 heterocycles. The number of nitrogen functional groups attached to an aromatic ring is 1. The molecule has 0 aromatic carbocycles. The van der Waals surface area contributed by atoms with Gasteiger partial charge in [0.2, 0.25) is 0 Å². The largest absolute Gasteiger partial charge is 0.383 e. The molecule has 6 heteroatoms. The minimum absolute atomic E-state index is 0.319. The van der Waals surface area contributed by atoms with E-state index in [4.69, 9.17) is 11.5 Å². The van der Waals surface area contributed by atoms with Crippen molar-refractivity contribution in [2.75, 3.05) is 17.2 Å². The van der Waals surface area contributed by atoms with Crippen LogP contribution in [0, 0.1) is 0 Å². The van der Waals surface area contributed by atoms with E-state index in [-0.39, 0.29) is 0 Å². The van der Waals surface area contributed by atoms with E-state index in [1.54, 1.807) is 4.68 Å². The summed E-state index contributed by atoms with van der Waals surface area (Å²) in [5.41, 5.74) is 11.3. The van der Waals surface area contributed by atoms with Gasteiger partial charge in [-0.25, -0.2) is 4.68 Å². The molecule has 1 fully saturated rings. The average molecular weight is 226 g/mol. The number of thioether (sulfide) groups is 1. The minimum Gasteiger partial charge on any atom is -0.383 e. The van der Waals surface area contributed by atoms with Crippen molar-refractivity contribution in [3.8, 4) is 0 Å². The Balaban J connectivity index is 2.24. The minimum atomic E-state index is -0.510. The Bertz CT molecular complexity index is 370. The molecule has 1 aliphatic rings. The van der Waals surface area contributed by atoms with E-state index in [0.29, 0.717) is 17.4 Å². The number of anilines is 1. The van der Waals surface area contributed by atoms with Crippen LogP contribution >= 0.6 is 11.8 Å². The molecule has 1 amide bonds. The summed E-state index contributed by atoms with van der Waals surface area (Å²) < 4.78 is 1.74. The maximum absolute atomic E-state index is 11.0. The maximum Gasteiger partial charge on any atom is 0.254 e. The van der Waals surface area contributed by atoms with Crippen molar-refractivity contribution in [2.24, 2.45) is 5.73 Å². The van der Waals surface area contributed by atoms with Crippen molar-refractivity contribution in [1.82, 2.24) is 9.78 Å². The third kappa shape index (κ3) is 1.94. The van der Waals surface area contributed by atoms with Crippen LogP contribution in [0.4, 0.5) is 5.82 Å². The Labute approximate surface area is 92.2 Å². The summed E-state index contributed by atoms with van der Waals surface area (Å²) in [6, 6.07) is 0.319. The smallest absolute Gasteiger partial charge is 0.254 e. The molecule has 0 bridgehead atoms. The first-order valence-electron chi connectivity index (χ1n) is 4.90. The fourth-order valence-corrected chi connectivity index (χ4v) is 2.86. The normalized spacial score (nSPS) is 17.9. The van der Waals surface area contributed by atoms with E-state index in [0.717, 1.165) is 24.3 Å². The molecule has 5 nitrogen and oxygen atoms in total. The first-order chi connectivity index (χ1) is 7.20. The highest BCUT2D eigenvalue weighted by molar-refractivity contribution is 7.99. The zero-order valence-electron chi connectivity index (χ0n) is 8.35. The SMILES string of the molecule is NC(=O)c1cnn(C2CCSCC2)c1N. The number of carbonyl (C=O) groups excluding carboxylic acids is 1. The van der Waals surface area contributed by atoms with Crippen molar-refractivity contribution in [3.63, 3.8) is 0 Å². The molecule has 0 radical (unpaired) electrons. The van der Waals surface area contributed by atoms with Crippen LogP contribution in [0.15, 0.2) is 6.20 Å². The van der Waals surface area contributed by atoms with E-state index in [1.165, 1.54) is 6.20 Å². The molecular formula is C9H14N4OS. The Hall–Kier alpha value is -1.17. The third-order valence-corrected chi connectivity index (χ3v) is 3.68. The van der Waals surface area contributed by atoms with Gasteiger partial charge in [0.25, 0.3) is 5.91 Å². The summed E-state index contributed by atoms with van der Waals surface area (Å²) in [6.07, 6.45) is 3.56. The van der Waals surface area contributed by atoms with Gasteiger partial charge in [-0.1, -0.05) is 0 Å². The molecule has 1 aromatic heterocycles. The van der Waals surface area contributed by atoms with Crippen LogP contribution in [0.25, 0.3) is 0 Å². The Kier molecular flexibility index (Phi) is 2.86. The standard InChI is InChI=1S/C9H14N4OS/c10-8-7(9(11)14)5-12-13(8)6-1-3-15-4-2-6/h5-6H,1-4,10H2,(H2,11,14). The van der Waals surface area contributed by atoms with Crippen LogP contribution in [0.5, 0.6) is 0 Å². The number of carbonyl (C=O) groups is 1. The number of nitrogens with two attached hydrogens (primary N) is 2. The van der Waals surface area contributed by atoms with Crippen LogP contribution < -0.4 is 11.5 Å². The van der Waals surface area contributed by atoms with E-state index in [9.17, 15) is 4.79 Å². The maximum atomic E-state index is 11.0. The lowest BCUT2D eigenvalue weighted by Crippen LogP contribution is -2.19. The van der Waals surface area contributed by atoms with Gasteiger partial charge in [0, 0.05) is 0 Å². The molecular weight excluding hydrogens is 212 g/mol. The second kappa shape index (κ2) is 4.14. The number of amides is 1. The lowest BCUT2D eigenvalue weighted by atomic mass is 10.1. The lowest BCUT2D eigenvalue weighted by Gasteiger charge is -2.22. The molecule has 1 saturated heterocycles. The fourth-order valence-electron chi connectivity index (χ4n) is 1.78. The van der Waals surface area contributed by atoms with Crippen molar-refractivity contribution < 1.29 is 4.79 Å². The molecule has 0 saturated carbocycles. The average Bonchev–Trinajstić information content (AvgIpc) is 2.61. The monoisotopic (exact) mass is 226 g/mol. The number of nitrogens with zero attached hydrogens (tertiary/aromatic N) is 2. The second-order valence-corrected chi connectivity index (χ2v) is 4.82. The molecule has 0 atom stereocenters. The van der Waals surface area contributed by atoms with Gasteiger partial charge < -0.3 is 11.5 Å². The highest BCUT2D eigenvalue weighted by Gasteiger charge is 2.21. The van der Waals surface area contributed by atoms with E-state index < -0.39 is 5.91 Å². The molecule has 2 rings (SSSR count). The molecule has 1 aliphatic heterocycles. The topological polar surface area (TPSA) is 86.9 Å². The highest BCUT2D eigenvalue weighted by Crippen LogP contribution is 2.29. The molecule has 15 heavy (non-hydrogen) atoms. The summed E-state index contributed by atoms with van der Waals surface area (Å²) in [5.74, 6) is 2.13. The Morgan fingerprint density at radius 3 is 2.73 bits per heavy atom. The molecule has 0 spiro atoms. The second-order valence-electron chi connectivity index (χ2n) is 3.60. The molecule has 1 aromatic rings. The molecule has 0 unspecified atom stereocenters. The summed E-state index contributed by atoms with van der Waals surface area (Å²) in [5, 5.41) is 4.14. The number of primary amides is 1. The summed E-state index contributed by atoms with van der Waals surface area (Å²) >= 11 is 1.94. The number of hydrogen-bond acceptors (Lipinski definition) is 4. The first kappa shape index (κ1) is 10.4. The lowest BCUT2D eigenvalue weighted by molar-refractivity contribution is 0.100. The summed E-state index contributed by atoms with van der Waals surface area (Å²) in [6.45, 7) is 0. The van der Waals surface area contributed by atoms with Crippen molar-refractivity contribution in [3.05, 3.63) is 11.8 Å². The van der Waals surface area contributed by atoms with Crippen molar-refractivity contribution >= 4 is 23.5 Å². The molecule has 82 valence electrons. The van der Waals surface area contributed by atoms with Crippen molar-refractivity contribution in [2.45, 2.75) is 18.9 Å². The van der Waals surface area contributed by atoms with Gasteiger partial charge in [0.1, 0.15) is 11.4 Å². The van der Waals surface area contributed by atoms with Crippen LogP contribution in [-0.4, -0.2) is 27.2 Å². The summed E-state index contributed by atoms with van der Waals surface area (Å²) in [7, 11) is 0. The Morgan fingerprint density at radius 1 is 1.53 bits per heavy atom. The van der Waals surface area contributed by atoms with Crippen LogP contribution in [0.3, 0.4) is 0 Å². The number of aromatic nitrogens is 2. The summed E-state index contributed by atoms with van der Waals surface area (Å²) in [4.78, 5) is 11.0. The zero-order chi connectivity index (χ0) is 10.8. The van der Waals surface area contributed by atoms with Crippen LogP contribution in [-0.2, 0) is 0 Å². The van der Waals surface area contributed by atoms with Gasteiger partial charge in [-0.3, -0.25) is 4.79 Å². The zero-order valence-corrected chi connectivity index (χ0v) is 9.17. The van der Waals surface area contributed by atoms with Gasteiger partial charge in [-0.2, -0.15) is 16.9 Å². The third-order valence-electron chi connectivity index (χ3n) is 2.64. The van der Waals surface area contributed by atoms with Gasteiger partial charge in [-0.05, 0) is 24.3 Å². The van der Waals surface area contributed by atoms with E-state index in [2.05, 4.69) is 5.10 Å². The Morgan fingerprint density at radius 2 is 2.20 bits per heavy atom. The predicted octanol–water partition coefficient (Wildman–Crippen LogP) is 0.632. The van der Waals surface area contributed by atoms with E-state index in [1.807, 2.05) is 11.8 Å². The predicted molar refractivity (Wildman–Crippen MR) is 60.8 cm³/mol.